The van der Waals surface area contributed by atoms with Crippen molar-refractivity contribution in [1.82, 2.24) is 15.5 Å². The molecule has 1 saturated heterocycles. The van der Waals surface area contributed by atoms with E-state index in [1.807, 2.05) is 0 Å². The van der Waals surface area contributed by atoms with Crippen LogP contribution in [0.4, 0.5) is 4.79 Å². The second-order valence-corrected chi connectivity index (χ2v) is 4.57. The normalized spacial score (nSPS) is 17.6. The van der Waals surface area contributed by atoms with Crippen LogP contribution in [-0.2, 0) is 9.53 Å². The minimum Gasteiger partial charge on any atom is -0.480 e. The minimum atomic E-state index is -1.00. The van der Waals surface area contributed by atoms with Gasteiger partial charge in [0.2, 0.25) is 0 Å². The molecular formula is C12H23N3O4. The zero-order valence-corrected chi connectivity index (χ0v) is 11.4. The number of hydrogen-bond donors (Lipinski definition) is 3. The van der Waals surface area contributed by atoms with Crippen LogP contribution in [-0.4, -0.2) is 67.9 Å². The van der Waals surface area contributed by atoms with Crippen LogP contribution in [0.3, 0.4) is 0 Å². The number of carbonyl (C=O) groups is 2. The molecule has 1 heterocycles. The molecule has 0 aromatic rings. The van der Waals surface area contributed by atoms with Gasteiger partial charge in [-0.2, -0.15) is 0 Å². The number of methoxy groups -OCH3 is 1. The summed E-state index contributed by atoms with van der Waals surface area (Å²) in [4.78, 5) is 24.7. The Kier molecular flexibility index (Phi) is 7.20. The molecule has 7 nitrogen and oxygen atoms in total. The van der Waals surface area contributed by atoms with Crippen molar-refractivity contribution in [2.24, 2.45) is 0 Å². The molecule has 0 bridgehead atoms. The van der Waals surface area contributed by atoms with E-state index in [9.17, 15) is 9.59 Å². The summed E-state index contributed by atoms with van der Waals surface area (Å²) in [6, 6.07) is -1.15. The van der Waals surface area contributed by atoms with Crippen molar-refractivity contribution in [2.75, 3.05) is 39.9 Å². The van der Waals surface area contributed by atoms with Crippen LogP contribution in [0.2, 0.25) is 0 Å². The lowest BCUT2D eigenvalue weighted by Crippen LogP contribution is -2.48. The smallest absolute Gasteiger partial charge is 0.326 e. The molecular weight excluding hydrogens is 250 g/mol. The van der Waals surface area contributed by atoms with Gasteiger partial charge in [0.1, 0.15) is 6.04 Å². The van der Waals surface area contributed by atoms with Crippen molar-refractivity contribution >= 4 is 12.0 Å². The molecule has 0 aliphatic carbocycles. The van der Waals surface area contributed by atoms with Crippen molar-refractivity contribution in [3.63, 3.8) is 0 Å². The number of carbonyl (C=O) groups excluding carboxylic acids is 1. The van der Waals surface area contributed by atoms with E-state index >= 15 is 0 Å². The summed E-state index contributed by atoms with van der Waals surface area (Å²) in [5.74, 6) is -1.00. The molecule has 0 saturated carbocycles. The molecule has 0 spiro atoms. The van der Waals surface area contributed by atoms with Gasteiger partial charge in [0.25, 0.3) is 0 Å². The van der Waals surface area contributed by atoms with Gasteiger partial charge in [-0.15, -0.1) is 0 Å². The van der Waals surface area contributed by atoms with Crippen LogP contribution in [0, 0.1) is 0 Å². The maximum absolute atomic E-state index is 12.0. The lowest BCUT2D eigenvalue weighted by Gasteiger charge is -2.23. The SMILES string of the molecule is COCCCC(NC(=O)N1CCCNCC1)C(=O)O. The largest absolute Gasteiger partial charge is 0.480 e. The number of carboxylic acid groups (broad SMARTS) is 1. The standard InChI is InChI=1S/C12H23N3O4/c1-19-9-2-4-10(11(16)17)14-12(18)15-7-3-5-13-6-8-15/h10,13H,2-9H2,1H3,(H,14,18)(H,16,17). The van der Waals surface area contributed by atoms with Crippen LogP contribution in [0.5, 0.6) is 0 Å². The van der Waals surface area contributed by atoms with Gasteiger partial charge in [-0.3, -0.25) is 0 Å². The van der Waals surface area contributed by atoms with Gasteiger partial charge in [-0.25, -0.2) is 9.59 Å². The van der Waals surface area contributed by atoms with E-state index in [4.69, 9.17) is 9.84 Å². The van der Waals surface area contributed by atoms with Gasteiger partial charge in [0, 0.05) is 33.4 Å². The van der Waals surface area contributed by atoms with Crippen molar-refractivity contribution in [3.8, 4) is 0 Å². The number of rotatable bonds is 6. The fraction of sp³-hybridized carbons (Fsp3) is 0.833. The minimum absolute atomic E-state index is 0.298. The van der Waals surface area contributed by atoms with Crippen LogP contribution in [0.25, 0.3) is 0 Å². The monoisotopic (exact) mass is 273 g/mol. The van der Waals surface area contributed by atoms with E-state index in [2.05, 4.69) is 10.6 Å². The number of hydrogen-bond acceptors (Lipinski definition) is 4. The third-order valence-corrected chi connectivity index (χ3v) is 3.06. The van der Waals surface area contributed by atoms with Crippen LogP contribution < -0.4 is 10.6 Å². The van der Waals surface area contributed by atoms with Gasteiger partial charge in [-0.05, 0) is 25.8 Å². The molecule has 2 amide bonds. The summed E-state index contributed by atoms with van der Waals surface area (Å²) in [5, 5.41) is 14.9. The molecule has 0 aromatic carbocycles. The van der Waals surface area contributed by atoms with Gasteiger partial charge in [0.05, 0.1) is 0 Å². The third kappa shape index (κ3) is 5.89. The number of aliphatic carboxylic acids is 1. The first-order valence-corrected chi connectivity index (χ1v) is 6.63. The molecule has 1 aliphatic rings. The average Bonchev–Trinajstić information content (AvgIpc) is 2.66. The first kappa shape index (κ1) is 15.7. The molecule has 0 aromatic heterocycles. The summed E-state index contributed by atoms with van der Waals surface area (Å²) in [5.41, 5.74) is 0. The van der Waals surface area contributed by atoms with Crippen LogP contribution in [0.1, 0.15) is 19.3 Å². The molecule has 1 rings (SSSR count). The Labute approximate surface area is 113 Å². The zero-order chi connectivity index (χ0) is 14.1. The topological polar surface area (TPSA) is 90.9 Å². The van der Waals surface area contributed by atoms with E-state index in [1.165, 1.54) is 0 Å². The number of ether oxygens (including phenoxy) is 1. The summed E-state index contributed by atoms with van der Waals surface area (Å²) >= 11 is 0. The second-order valence-electron chi connectivity index (χ2n) is 4.57. The van der Waals surface area contributed by atoms with Crippen molar-refractivity contribution in [1.29, 1.82) is 0 Å². The molecule has 110 valence electrons. The van der Waals surface area contributed by atoms with Crippen molar-refractivity contribution < 1.29 is 19.4 Å². The predicted molar refractivity (Wildman–Crippen MR) is 70.1 cm³/mol. The van der Waals surface area contributed by atoms with Crippen molar-refractivity contribution in [3.05, 3.63) is 0 Å². The molecule has 19 heavy (non-hydrogen) atoms. The van der Waals surface area contributed by atoms with E-state index in [0.29, 0.717) is 32.5 Å². The fourth-order valence-electron chi connectivity index (χ4n) is 1.98. The van der Waals surface area contributed by atoms with Crippen molar-refractivity contribution in [2.45, 2.75) is 25.3 Å². The molecule has 7 heteroatoms. The van der Waals surface area contributed by atoms with Crippen LogP contribution in [0.15, 0.2) is 0 Å². The number of nitrogens with one attached hydrogen (secondary N) is 2. The summed E-state index contributed by atoms with van der Waals surface area (Å²) in [6.07, 6.45) is 1.87. The Bertz CT molecular complexity index is 291. The maximum atomic E-state index is 12.0. The maximum Gasteiger partial charge on any atom is 0.326 e. The van der Waals surface area contributed by atoms with Gasteiger partial charge in [-0.1, -0.05) is 0 Å². The van der Waals surface area contributed by atoms with Gasteiger partial charge in [0.15, 0.2) is 0 Å². The summed E-state index contributed by atoms with van der Waals surface area (Å²) in [6.45, 7) is 3.39. The van der Waals surface area contributed by atoms with Crippen LogP contribution >= 0.6 is 0 Å². The average molecular weight is 273 g/mol. The summed E-state index contributed by atoms with van der Waals surface area (Å²) < 4.78 is 4.89. The van der Waals surface area contributed by atoms with E-state index in [1.54, 1.807) is 12.0 Å². The first-order valence-electron chi connectivity index (χ1n) is 6.63. The molecule has 1 fully saturated rings. The Balaban J connectivity index is 2.42. The molecule has 3 N–H and O–H groups in total. The Morgan fingerprint density at radius 2 is 2.21 bits per heavy atom. The highest BCUT2D eigenvalue weighted by Crippen LogP contribution is 2.02. The Morgan fingerprint density at radius 1 is 1.42 bits per heavy atom. The Hall–Kier alpha value is -1.34. The van der Waals surface area contributed by atoms with E-state index in [-0.39, 0.29) is 6.03 Å². The highest BCUT2D eigenvalue weighted by molar-refractivity contribution is 5.82. The molecule has 1 unspecified atom stereocenters. The first-order chi connectivity index (χ1) is 9.15. The van der Waals surface area contributed by atoms with Gasteiger partial charge >= 0.3 is 12.0 Å². The van der Waals surface area contributed by atoms with E-state index in [0.717, 1.165) is 19.5 Å². The highest BCUT2D eigenvalue weighted by atomic mass is 16.5. The number of nitrogens with zero attached hydrogens (tertiary/aromatic N) is 1. The Morgan fingerprint density at radius 3 is 2.89 bits per heavy atom. The molecule has 1 aliphatic heterocycles. The number of amides is 2. The quantitative estimate of drug-likeness (QED) is 0.587. The lowest BCUT2D eigenvalue weighted by molar-refractivity contribution is -0.139. The predicted octanol–water partition coefficient (Wildman–Crippen LogP) is -0.129. The lowest BCUT2D eigenvalue weighted by atomic mass is 10.1. The molecule has 1 atom stereocenters. The summed E-state index contributed by atoms with van der Waals surface area (Å²) in [7, 11) is 1.57. The van der Waals surface area contributed by atoms with Gasteiger partial charge < -0.3 is 25.4 Å². The second kappa shape index (κ2) is 8.71. The van der Waals surface area contributed by atoms with E-state index < -0.39 is 12.0 Å². The highest BCUT2D eigenvalue weighted by Gasteiger charge is 2.23. The zero-order valence-electron chi connectivity index (χ0n) is 11.4. The number of urea groups is 1. The number of carboxylic acids is 1. The third-order valence-electron chi connectivity index (χ3n) is 3.06. The molecule has 0 radical (unpaired) electrons. The fourth-order valence-corrected chi connectivity index (χ4v) is 1.98.